The number of halogens is 1. The van der Waals surface area contributed by atoms with Crippen LogP contribution < -0.4 is 10.6 Å². The first-order valence-corrected chi connectivity index (χ1v) is 6.26. The normalized spacial score (nSPS) is 11.7. The zero-order chi connectivity index (χ0) is 13.5. The molecule has 0 heterocycles. The van der Waals surface area contributed by atoms with E-state index in [1.54, 1.807) is 25.1 Å². The molecule has 1 rings (SSSR count). The highest BCUT2D eigenvalue weighted by Crippen LogP contribution is 2.11. The lowest BCUT2D eigenvalue weighted by molar-refractivity contribution is -0.121. The molecule has 0 spiro atoms. The molecule has 1 aromatic carbocycles. The topological polar surface area (TPSA) is 78.4 Å². The minimum Gasteiger partial charge on any atom is -0.394 e. The molecule has 6 heteroatoms. The lowest BCUT2D eigenvalue weighted by atomic mass is 10.2. The van der Waals surface area contributed by atoms with Gasteiger partial charge >= 0.3 is 0 Å². The maximum atomic E-state index is 11.7. The summed E-state index contributed by atoms with van der Waals surface area (Å²) in [5, 5.41) is 13.8. The summed E-state index contributed by atoms with van der Waals surface area (Å²) in [5.41, 5.74) is 0.479. The molecular formula is C12H15BrN2O3. The van der Waals surface area contributed by atoms with Crippen molar-refractivity contribution >= 4 is 27.7 Å². The second-order valence-corrected chi connectivity index (χ2v) is 4.76. The third-order valence-corrected chi connectivity index (χ3v) is 2.67. The number of rotatable bonds is 5. The van der Waals surface area contributed by atoms with E-state index < -0.39 is 0 Å². The van der Waals surface area contributed by atoms with Crippen LogP contribution in [0.25, 0.3) is 0 Å². The zero-order valence-electron chi connectivity index (χ0n) is 9.94. The van der Waals surface area contributed by atoms with E-state index in [9.17, 15) is 9.59 Å². The maximum Gasteiger partial charge on any atom is 0.251 e. The molecule has 0 fully saturated rings. The molecule has 0 aliphatic heterocycles. The molecule has 5 nitrogen and oxygen atoms in total. The minimum absolute atomic E-state index is 0.115. The lowest BCUT2D eigenvalue weighted by Gasteiger charge is -2.11. The quantitative estimate of drug-likeness (QED) is 0.747. The molecule has 0 aliphatic rings. The van der Waals surface area contributed by atoms with Crippen molar-refractivity contribution in [2.24, 2.45) is 0 Å². The Kier molecular flexibility index (Phi) is 5.80. The van der Waals surface area contributed by atoms with Crippen molar-refractivity contribution < 1.29 is 14.7 Å². The van der Waals surface area contributed by atoms with Gasteiger partial charge < -0.3 is 15.7 Å². The predicted octanol–water partition coefficient (Wildman–Crippen LogP) is 0.676. The molecular weight excluding hydrogens is 300 g/mol. The van der Waals surface area contributed by atoms with E-state index in [4.69, 9.17) is 5.11 Å². The highest BCUT2D eigenvalue weighted by atomic mass is 79.9. The van der Waals surface area contributed by atoms with Gasteiger partial charge in [0.2, 0.25) is 5.91 Å². The summed E-state index contributed by atoms with van der Waals surface area (Å²) in [5.74, 6) is -0.650. The highest BCUT2D eigenvalue weighted by Gasteiger charge is 2.09. The first-order valence-electron chi connectivity index (χ1n) is 5.47. The number of carbonyl (C=O) groups is 2. The first kappa shape index (κ1) is 14.7. The Morgan fingerprint density at radius 1 is 1.44 bits per heavy atom. The molecule has 0 unspecified atom stereocenters. The molecule has 2 amide bonds. The van der Waals surface area contributed by atoms with Crippen molar-refractivity contribution in [3.8, 4) is 0 Å². The van der Waals surface area contributed by atoms with Crippen LogP contribution in [0.15, 0.2) is 28.7 Å². The molecule has 3 N–H and O–H groups in total. The average molecular weight is 315 g/mol. The number of benzene rings is 1. The molecule has 18 heavy (non-hydrogen) atoms. The van der Waals surface area contributed by atoms with Gasteiger partial charge in [0.25, 0.3) is 5.91 Å². The van der Waals surface area contributed by atoms with E-state index in [0.29, 0.717) is 5.56 Å². The van der Waals surface area contributed by atoms with Crippen LogP contribution in [0, 0.1) is 0 Å². The van der Waals surface area contributed by atoms with Gasteiger partial charge in [0.1, 0.15) is 0 Å². The van der Waals surface area contributed by atoms with E-state index in [-0.39, 0.29) is 31.0 Å². The summed E-state index contributed by atoms with van der Waals surface area (Å²) in [6.07, 6.45) is 0. The zero-order valence-corrected chi connectivity index (χ0v) is 11.5. The molecule has 1 atom stereocenters. The third kappa shape index (κ3) is 4.85. The Hall–Kier alpha value is -1.40. The van der Waals surface area contributed by atoms with Gasteiger partial charge in [0, 0.05) is 16.1 Å². The number of hydrogen-bond acceptors (Lipinski definition) is 3. The summed E-state index contributed by atoms with van der Waals surface area (Å²) in [4.78, 5) is 23.1. The van der Waals surface area contributed by atoms with Crippen molar-refractivity contribution in [1.29, 1.82) is 0 Å². The standard InChI is InChI=1S/C12H15BrN2O3/c1-8(7-16)15-11(17)6-14-12(18)9-3-2-4-10(13)5-9/h2-5,8,16H,6-7H2,1H3,(H,14,18)(H,15,17)/t8-/m1/s1. The van der Waals surface area contributed by atoms with Gasteiger partial charge in [-0.25, -0.2) is 0 Å². The summed E-state index contributed by atoms with van der Waals surface area (Å²) >= 11 is 3.27. The minimum atomic E-state index is -0.333. The van der Waals surface area contributed by atoms with Crippen LogP contribution in [0.4, 0.5) is 0 Å². The SMILES string of the molecule is C[C@H](CO)NC(=O)CNC(=O)c1cccc(Br)c1. The number of aliphatic hydroxyl groups excluding tert-OH is 1. The smallest absolute Gasteiger partial charge is 0.251 e. The molecule has 0 saturated carbocycles. The number of aliphatic hydroxyl groups is 1. The number of nitrogens with one attached hydrogen (secondary N) is 2. The molecule has 0 radical (unpaired) electrons. The summed E-state index contributed by atoms with van der Waals surface area (Å²) in [7, 11) is 0. The first-order chi connectivity index (χ1) is 8.52. The largest absolute Gasteiger partial charge is 0.394 e. The Morgan fingerprint density at radius 3 is 2.78 bits per heavy atom. The molecule has 1 aromatic rings. The third-order valence-electron chi connectivity index (χ3n) is 2.18. The van der Waals surface area contributed by atoms with Crippen molar-refractivity contribution in [2.75, 3.05) is 13.2 Å². The second kappa shape index (κ2) is 7.13. The van der Waals surface area contributed by atoms with E-state index in [0.717, 1.165) is 4.47 Å². The fourth-order valence-electron chi connectivity index (χ4n) is 1.26. The number of amides is 2. The van der Waals surface area contributed by atoms with Crippen molar-refractivity contribution in [3.05, 3.63) is 34.3 Å². The summed E-state index contributed by atoms with van der Waals surface area (Å²) < 4.78 is 0.800. The van der Waals surface area contributed by atoms with Crippen LogP contribution in [0.2, 0.25) is 0 Å². The second-order valence-electron chi connectivity index (χ2n) is 3.84. The van der Waals surface area contributed by atoms with Gasteiger partial charge in [-0.05, 0) is 25.1 Å². The predicted molar refractivity (Wildman–Crippen MR) is 71.2 cm³/mol. The number of carbonyl (C=O) groups excluding carboxylic acids is 2. The average Bonchev–Trinajstić information content (AvgIpc) is 2.35. The van der Waals surface area contributed by atoms with Crippen LogP contribution in [0.5, 0.6) is 0 Å². The Morgan fingerprint density at radius 2 is 2.17 bits per heavy atom. The van der Waals surface area contributed by atoms with E-state index in [2.05, 4.69) is 26.6 Å². The molecule has 0 aliphatic carbocycles. The van der Waals surface area contributed by atoms with Gasteiger partial charge in [-0.1, -0.05) is 22.0 Å². The van der Waals surface area contributed by atoms with Crippen LogP contribution in [-0.4, -0.2) is 36.1 Å². The van der Waals surface area contributed by atoms with Gasteiger partial charge in [0.15, 0.2) is 0 Å². The van der Waals surface area contributed by atoms with E-state index in [1.165, 1.54) is 0 Å². The Balaban J connectivity index is 2.44. The number of hydrogen-bond donors (Lipinski definition) is 3. The van der Waals surface area contributed by atoms with Gasteiger partial charge in [-0.15, -0.1) is 0 Å². The van der Waals surface area contributed by atoms with Crippen molar-refractivity contribution in [3.63, 3.8) is 0 Å². The van der Waals surface area contributed by atoms with E-state index in [1.807, 2.05) is 6.07 Å². The molecule has 0 bridgehead atoms. The maximum absolute atomic E-state index is 11.7. The molecule has 0 aromatic heterocycles. The van der Waals surface area contributed by atoms with Gasteiger partial charge in [-0.2, -0.15) is 0 Å². The highest BCUT2D eigenvalue weighted by molar-refractivity contribution is 9.10. The van der Waals surface area contributed by atoms with Crippen LogP contribution in [-0.2, 0) is 4.79 Å². The fraction of sp³-hybridized carbons (Fsp3) is 0.333. The van der Waals surface area contributed by atoms with Crippen LogP contribution >= 0.6 is 15.9 Å². The van der Waals surface area contributed by atoms with Crippen molar-refractivity contribution in [1.82, 2.24) is 10.6 Å². The fourth-order valence-corrected chi connectivity index (χ4v) is 1.66. The molecule has 0 saturated heterocycles. The molecule has 98 valence electrons. The van der Waals surface area contributed by atoms with Crippen molar-refractivity contribution in [2.45, 2.75) is 13.0 Å². The van der Waals surface area contributed by atoms with Gasteiger partial charge in [-0.3, -0.25) is 9.59 Å². The Bertz CT molecular complexity index is 437. The van der Waals surface area contributed by atoms with Gasteiger partial charge in [0.05, 0.1) is 13.2 Å². The Labute approximate surface area is 114 Å². The van der Waals surface area contributed by atoms with Crippen LogP contribution in [0.1, 0.15) is 17.3 Å². The van der Waals surface area contributed by atoms with Crippen LogP contribution in [0.3, 0.4) is 0 Å². The van der Waals surface area contributed by atoms with E-state index >= 15 is 0 Å². The summed E-state index contributed by atoms with van der Waals surface area (Å²) in [6.45, 7) is 1.43. The lowest BCUT2D eigenvalue weighted by Crippen LogP contribution is -2.42. The monoisotopic (exact) mass is 314 g/mol. The summed E-state index contributed by atoms with van der Waals surface area (Å²) in [6, 6.07) is 6.57.